The van der Waals surface area contributed by atoms with Crippen LogP contribution < -0.4 is 5.32 Å². The van der Waals surface area contributed by atoms with Crippen molar-refractivity contribution < 1.29 is 8.83 Å². The summed E-state index contributed by atoms with van der Waals surface area (Å²) in [6.45, 7) is 0.607. The lowest BCUT2D eigenvalue weighted by Crippen LogP contribution is -2.09. The molecule has 10 heteroatoms. The number of pyridine rings is 2. The Morgan fingerprint density at radius 1 is 0.435 bits per heavy atom. The van der Waals surface area contributed by atoms with Gasteiger partial charge in [-0.3, -0.25) is 24.9 Å². The van der Waals surface area contributed by atoms with Crippen LogP contribution in [0.25, 0.3) is 122 Å². The summed E-state index contributed by atoms with van der Waals surface area (Å²) in [6, 6.07) is 43.9. The summed E-state index contributed by atoms with van der Waals surface area (Å²) in [5.74, 6) is 0. The Hall–Kier alpha value is -8.63. The first-order valence-electron chi connectivity index (χ1n) is 20.3. The van der Waals surface area contributed by atoms with Crippen molar-refractivity contribution in [2.24, 2.45) is 4.99 Å². The molecule has 13 rings (SSSR count). The van der Waals surface area contributed by atoms with Crippen LogP contribution in [0.5, 0.6) is 0 Å². The van der Waals surface area contributed by atoms with Crippen molar-refractivity contribution in [1.29, 1.82) is 0 Å². The van der Waals surface area contributed by atoms with Gasteiger partial charge in [-0.1, -0.05) is 48.5 Å². The maximum absolute atomic E-state index is 6.36. The quantitative estimate of drug-likeness (QED) is 0.169. The Bertz CT molecular complexity index is 3840. The Morgan fingerprint density at radius 3 is 1.77 bits per heavy atom. The van der Waals surface area contributed by atoms with Crippen LogP contribution in [0.15, 0.2) is 172 Å². The van der Waals surface area contributed by atoms with Crippen LogP contribution in [-0.2, 0) is 0 Å². The molecule has 290 valence electrons. The van der Waals surface area contributed by atoms with Crippen LogP contribution in [0.4, 0.5) is 11.4 Å². The van der Waals surface area contributed by atoms with Crippen LogP contribution in [0.3, 0.4) is 0 Å². The minimum absolute atomic E-state index is 0.607. The van der Waals surface area contributed by atoms with Crippen molar-refractivity contribution in [3.8, 4) is 56.0 Å². The highest BCUT2D eigenvalue weighted by Crippen LogP contribution is 2.42. The predicted molar refractivity (Wildman–Crippen MR) is 247 cm³/mol. The van der Waals surface area contributed by atoms with E-state index in [2.05, 4.69) is 110 Å². The van der Waals surface area contributed by atoms with Crippen molar-refractivity contribution >= 4 is 83.5 Å². The van der Waals surface area contributed by atoms with Gasteiger partial charge in [0.25, 0.3) is 0 Å². The fraction of sp³-hybridized carbons (Fsp3) is 0.0192. The number of aliphatic imine (C=N–C) groups is 1. The van der Waals surface area contributed by atoms with Crippen molar-refractivity contribution in [2.75, 3.05) is 11.9 Å². The fourth-order valence-corrected chi connectivity index (χ4v) is 8.83. The maximum atomic E-state index is 6.36. The summed E-state index contributed by atoms with van der Waals surface area (Å²) in [6.07, 6.45) is 10.6. The molecule has 0 atom stereocenters. The highest BCUT2D eigenvalue weighted by Gasteiger charge is 2.21. The van der Waals surface area contributed by atoms with Gasteiger partial charge in [0.15, 0.2) is 0 Å². The number of furan rings is 2. The van der Waals surface area contributed by atoms with Gasteiger partial charge >= 0.3 is 0 Å². The number of hydrogen-bond acceptors (Lipinski definition) is 10. The molecule has 0 saturated heterocycles. The Labute approximate surface area is 352 Å². The number of nitrogens with one attached hydrogen (secondary N) is 1. The van der Waals surface area contributed by atoms with Crippen molar-refractivity contribution in [2.45, 2.75) is 0 Å². The minimum Gasteiger partial charge on any atom is -0.456 e. The number of hydrogen-bond donors (Lipinski definition) is 1. The number of rotatable bonds is 5. The number of nitrogens with zero attached hydrogens (tertiary/aromatic N) is 7. The summed E-state index contributed by atoms with van der Waals surface area (Å²) >= 11 is 0. The van der Waals surface area contributed by atoms with Gasteiger partial charge in [0.05, 0.1) is 35.5 Å². The highest BCUT2D eigenvalue weighted by molar-refractivity contribution is 6.16. The second kappa shape index (κ2) is 13.4. The standard InChI is InChI=1S/C52H30N8O2/c1-2-17-53-40(8-1)46-35(7-4-18-54-46)33-11-15-44-38(26-33)36-24-31(9-13-42(36)61-44)29-5-3-6-30(23-29)32-10-14-43-37(25-32)39-27-34(12-16-45(39)62-43)41-28-59-51-49-47(55-19-20-57-49)48-50(52(51)60-41)58-22-21-56-48/h1-19,21-28,57H,20H2. The van der Waals surface area contributed by atoms with Crippen LogP contribution in [-0.4, -0.2) is 42.7 Å². The Balaban J connectivity index is 0.870. The van der Waals surface area contributed by atoms with Gasteiger partial charge in [-0.2, -0.15) is 0 Å². The Kier molecular flexibility index (Phi) is 7.43. The van der Waals surface area contributed by atoms with Crippen molar-refractivity contribution in [1.82, 2.24) is 29.9 Å². The molecule has 0 bridgehead atoms. The van der Waals surface area contributed by atoms with Crippen molar-refractivity contribution in [3.63, 3.8) is 0 Å². The molecule has 0 amide bonds. The molecule has 0 saturated carbocycles. The molecule has 6 aromatic heterocycles. The number of anilines is 1. The minimum atomic E-state index is 0.607. The second-order valence-electron chi connectivity index (χ2n) is 15.4. The summed E-state index contributed by atoms with van der Waals surface area (Å²) in [5.41, 5.74) is 17.4. The number of fused-ring (bicyclic) bond motifs is 12. The van der Waals surface area contributed by atoms with E-state index in [4.69, 9.17) is 23.8 Å². The first-order chi connectivity index (χ1) is 30.7. The van der Waals surface area contributed by atoms with Crippen molar-refractivity contribution in [3.05, 3.63) is 158 Å². The number of aromatic nitrogens is 6. The molecule has 1 aliphatic rings. The molecule has 6 aromatic carbocycles. The molecule has 62 heavy (non-hydrogen) atoms. The summed E-state index contributed by atoms with van der Waals surface area (Å²) in [7, 11) is 0. The third-order valence-electron chi connectivity index (χ3n) is 11.8. The van der Waals surface area contributed by atoms with E-state index < -0.39 is 0 Å². The van der Waals surface area contributed by atoms with Gasteiger partial charge < -0.3 is 14.2 Å². The molecule has 0 spiro atoms. The molecule has 1 aliphatic heterocycles. The van der Waals surface area contributed by atoms with Gasteiger partial charge in [0.1, 0.15) is 50.1 Å². The average Bonchev–Trinajstić information content (AvgIpc) is 3.91. The number of benzene rings is 6. The van der Waals surface area contributed by atoms with E-state index in [1.807, 2.05) is 61.1 Å². The predicted octanol–water partition coefficient (Wildman–Crippen LogP) is 12.6. The van der Waals surface area contributed by atoms with Gasteiger partial charge in [0, 0.05) is 63.7 Å². The lowest BCUT2D eigenvalue weighted by Gasteiger charge is -2.16. The van der Waals surface area contributed by atoms with E-state index in [1.165, 1.54) is 0 Å². The molecule has 7 heterocycles. The zero-order chi connectivity index (χ0) is 40.7. The van der Waals surface area contributed by atoms with E-state index in [0.717, 1.165) is 117 Å². The summed E-state index contributed by atoms with van der Waals surface area (Å²) < 4.78 is 12.7. The first-order valence-corrected chi connectivity index (χ1v) is 20.3. The first kappa shape index (κ1) is 34.3. The molecular weight excluding hydrogens is 769 g/mol. The Morgan fingerprint density at radius 2 is 1.06 bits per heavy atom. The second-order valence-corrected chi connectivity index (χ2v) is 15.4. The fourth-order valence-electron chi connectivity index (χ4n) is 8.83. The lowest BCUT2D eigenvalue weighted by molar-refractivity contribution is 0.668. The maximum Gasteiger partial charge on any atom is 0.135 e. The molecule has 0 fully saturated rings. The zero-order valence-corrected chi connectivity index (χ0v) is 32.7. The normalized spacial score (nSPS) is 12.5. The summed E-state index contributed by atoms with van der Waals surface area (Å²) in [4.78, 5) is 33.2. The molecule has 12 aromatic rings. The smallest absolute Gasteiger partial charge is 0.135 e. The average molecular weight is 799 g/mol. The molecular formula is C52H30N8O2. The molecule has 1 N–H and O–H groups in total. The zero-order valence-electron chi connectivity index (χ0n) is 32.7. The lowest BCUT2D eigenvalue weighted by atomic mass is 9.96. The van der Waals surface area contributed by atoms with Gasteiger partial charge in [-0.25, -0.2) is 9.97 Å². The van der Waals surface area contributed by atoms with Gasteiger partial charge in [-0.15, -0.1) is 0 Å². The molecule has 0 radical (unpaired) electrons. The van der Waals surface area contributed by atoms with E-state index in [9.17, 15) is 0 Å². The highest BCUT2D eigenvalue weighted by atomic mass is 16.3. The van der Waals surface area contributed by atoms with Gasteiger partial charge in [0.2, 0.25) is 0 Å². The van der Waals surface area contributed by atoms with Crippen LogP contribution in [0.2, 0.25) is 0 Å². The SMILES string of the molecule is C1=Nc2c(c3ncc(-c4ccc5oc6ccc(-c7cccc(-c8ccc9oc%10ccc(-c%11cccnc%11-c%11ccccn%11)cc%10c9c8)c7)cc6c5c4)nc3c3nccnc23)NC1. The van der Waals surface area contributed by atoms with E-state index in [0.29, 0.717) is 23.1 Å². The largest absolute Gasteiger partial charge is 0.456 e. The van der Waals surface area contributed by atoms with Gasteiger partial charge in [-0.05, 0) is 107 Å². The van der Waals surface area contributed by atoms with Crippen LogP contribution in [0.1, 0.15) is 0 Å². The van der Waals surface area contributed by atoms with E-state index in [-0.39, 0.29) is 0 Å². The van der Waals surface area contributed by atoms with E-state index in [1.54, 1.807) is 18.6 Å². The topological polar surface area (TPSA) is 128 Å². The molecule has 0 unspecified atom stereocenters. The van der Waals surface area contributed by atoms with E-state index >= 15 is 0 Å². The van der Waals surface area contributed by atoms with Crippen LogP contribution in [0, 0.1) is 0 Å². The van der Waals surface area contributed by atoms with Crippen LogP contribution >= 0.6 is 0 Å². The molecule has 0 aliphatic carbocycles. The third kappa shape index (κ3) is 5.40. The molecule has 10 nitrogen and oxygen atoms in total. The monoisotopic (exact) mass is 798 g/mol. The third-order valence-corrected chi connectivity index (χ3v) is 11.8. The summed E-state index contributed by atoms with van der Waals surface area (Å²) in [5, 5.41) is 7.53.